The van der Waals surface area contributed by atoms with Crippen LogP contribution in [0.2, 0.25) is 0 Å². The van der Waals surface area contributed by atoms with Gasteiger partial charge in [-0.25, -0.2) is 23.5 Å². The second kappa shape index (κ2) is 15.6. The minimum Gasteiger partial charge on any atom is -0.497 e. The van der Waals surface area contributed by atoms with Crippen molar-refractivity contribution in [1.82, 2.24) is 19.8 Å². The molecule has 2 aliphatic heterocycles. The first-order valence-corrected chi connectivity index (χ1v) is 16.9. The number of methoxy groups -OCH3 is 2. The van der Waals surface area contributed by atoms with Gasteiger partial charge in [0.15, 0.2) is 0 Å². The SMILES string of the molecule is CC.COc1ccc(CN2Cc3nc(-c4c(F)cccc4F)cc(Nc4ccc(N5CCN(C(=O)OC(C)(C)C)CC5)cn4)c3C2=O)c(OC)c1. The molecule has 0 radical (unpaired) electrons. The highest BCUT2D eigenvalue weighted by atomic mass is 19.1. The molecule has 2 aromatic heterocycles. The van der Waals surface area contributed by atoms with Crippen LogP contribution >= 0.6 is 0 Å². The number of carbonyl (C=O) groups is 2. The Morgan fingerprint density at radius 3 is 2.24 bits per heavy atom. The highest BCUT2D eigenvalue weighted by Crippen LogP contribution is 2.37. The Morgan fingerprint density at radius 1 is 0.922 bits per heavy atom. The molecule has 0 aliphatic carbocycles. The number of carbonyl (C=O) groups excluding carboxylic acids is 2. The molecule has 51 heavy (non-hydrogen) atoms. The summed E-state index contributed by atoms with van der Waals surface area (Å²) in [6, 6.07) is 14.1. The van der Waals surface area contributed by atoms with Crippen molar-refractivity contribution in [1.29, 1.82) is 0 Å². The Bertz CT molecular complexity index is 1850. The van der Waals surface area contributed by atoms with Gasteiger partial charge in [-0.05, 0) is 63.2 Å². The molecule has 0 saturated carbocycles. The summed E-state index contributed by atoms with van der Waals surface area (Å²) in [5.74, 6) is -0.244. The summed E-state index contributed by atoms with van der Waals surface area (Å²) in [5.41, 5.74) is 1.80. The van der Waals surface area contributed by atoms with Crippen molar-refractivity contribution in [2.45, 2.75) is 53.3 Å². The van der Waals surface area contributed by atoms with Crippen molar-refractivity contribution in [2.24, 2.45) is 0 Å². The van der Waals surface area contributed by atoms with E-state index in [1.54, 1.807) is 48.4 Å². The van der Waals surface area contributed by atoms with Gasteiger partial charge in [0.2, 0.25) is 0 Å². The monoisotopic (exact) mass is 702 g/mol. The van der Waals surface area contributed by atoms with Crippen LogP contribution in [0.4, 0.5) is 30.8 Å². The van der Waals surface area contributed by atoms with Gasteiger partial charge in [-0.15, -0.1) is 0 Å². The molecule has 1 saturated heterocycles. The summed E-state index contributed by atoms with van der Waals surface area (Å²) < 4.78 is 46.2. The average Bonchev–Trinajstić information content (AvgIpc) is 3.43. The van der Waals surface area contributed by atoms with Crippen molar-refractivity contribution in [2.75, 3.05) is 50.6 Å². The molecule has 0 bridgehead atoms. The third kappa shape index (κ3) is 8.30. The number of fused-ring (bicyclic) bond motifs is 1. The van der Waals surface area contributed by atoms with E-state index >= 15 is 0 Å². The van der Waals surface area contributed by atoms with Crippen LogP contribution in [0.1, 0.15) is 56.2 Å². The molecule has 270 valence electrons. The third-order valence-electron chi connectivity index (χ3n) is 8.32. The minimum atomic E-state index is -0.767. The molecule has 0 unspecified atom stereocenters. The van der Waals surface area contributed by atoms with Gasteiger partial charge in [-0.1, -0.05) is 19.9 Å². The number of benzene rings is 2. The predicted molar refractivity (Wildman–Crippen MR) is 192 cm³/mol. The normalized spacial score (nSPS) is 14.1. The molecule has 1 fully saturated rings. The van der Waals surface area contributed by atoms with Gasteiger partial charge in [0.25, 0.3) is 5.91 Å². The van der Waals surface area contributed by atoms with Crippen molar-refractivity contribution in [3.05, 3.63) is 89.2 Å². The van der Waals surface area contributed by atoms with Gasteiger partial charge in [0, 0.05) is 37.8 Å². The average molecular weight is 703 g/mol. The second-order valence-electron chi connectivity index (χ2n) is 12.8. The third-order valence-corrected chi connectivity index (χ3v) is 8.32. The number of hydrogen-bond acceptors (Lipinski definition) is 9. The Hall–Kier alpha value is -5.46. The maximum absolute atomic E-state index is 14.9. The minimum absolute atomic E-state index is 0.0491. The molecule has 4 heterocycles. The zero-order valence-electron chi connectivity index (χ0n) is 30.0. The number of pyridine rings is 2. The standard InChI is InChI=1S/C36H38F2N6O5.C2H6/c1-36(2,3)49-35(46)43-15-13-42(14-16-43)23-10-12-31(39-19-23)41-28-18-27(32-25(37)7-6-8-26(32)38)40-29-21-44(34(45)33(28)29)20-22-9-11-24(47-4)17-30(22)48-5;1-2/h6-12,17-19H,13-16,20-21H2,1-5H3,(H,39,40,41);1-2H3. The molecule has 13 heteroatoms. The summed E-state index contributed by atoms with van der Waals surface area (Å²) in [5, 5.41) is 3.21. The fourth-order valence-electron chi connectivity index (χ4n) is 5.91. The second-order valence-corrected chi connectivity index (χ2v) is 12.8. The van der Waals surface area contributed by atoms with Crippen molar-refractivity contribution in [3.63, 3.8) is 0 Å². The van der Waals surface area contributed by atoms with Crippen LogP contribution in [-0.4, -0.2) is 77.8 Å². The van der Waals surface area contributed by atoms with Crippen LogP contribution in [0.3, 0.4) is 0 Å². The number of amides is 2. The van der Waals surface area contributed by atoms with Crippen molar-refractivity contribution in [3.8, 4) is 22.8 Å². The zero-order valence-corrected chi connectivity index (χ0v) is 30.0. The Labute approximate surface area is 297 Å². The van der Waals surface area contributed by atoms with Crippen LogP contribution in [-0.2, 0) is 17.8 Å². The van der Waals surface area contributed by atoms with Gasteiger partial charge in [0.05, 0.1) is 67.4 Å². The van der Waals surface area contributed by atoms with Crippen LogP contribution in [0.25, 0.3) is 11.3 Å². The molecule has 11 nitrogen and oxygen atoms in total. The lowest BCUT2D eigenvalue weighted by Gasteiger charge is -2.36. The summed E-state index contributed by atoms with van der Waals surface area (Å²) in [6.07, 6.45) is 1.37. The quantitative estimate of drug-likeness (QED) is 0.201. The maximum Gasteiger partial charge on any atom is 0.410 e. The lowest BCUT2D eigenvalue weighted by Crippen LogP contribution is -2.50. The fraction of sp³-hybridized carbons (Fsp3) is 0.368. The molecule has 0 spiro atoms. The molecular weight excluding hydrogens is 658 g/mol. The van der Waals surface area contributed by atoms with E-state index in [9.17, 15) is 18.4 Å². The molecule has 2 aliphatic rings. The van der Waals surface area contributed by atoms with E-state index in [2.05, 4.69) is 20.2 Å². The van der Waals surface area contributed by atoms with Crippen LogP contribution in [0.15, 0.2) is 60.8 Å². The first kappa shape index (κ1) is 36.8. The molecule has 4 aromatic rings. The summed E-state index contributed by atoms with van der Waals surface area (Å²) in [7, 11) is 3.10. The van der Waals surface area contributed by atoms with Crippen LogP contribution in [0, 0.1) is 11.6 Å². The number of ether oxygens (including phenoxy) is 3. The summed E-state index contributed by atoms with van der Waals surface area (Å²) >= 11 is 0. The molecule has 0 atom stereocenters. The smallest absolute Gasteiger partial charge is 0.410 e. The van der Waals surface area contributed by atoms with E-state index in [4.69, 9.17) is 14.2 Å². The van der Waals surface area contributed by atoms with E-state index in [-0.39, 0.29) is 41.9 Å². The maximum atomic E-state index is 14.9. The molecular formula is C38H44F2N6O5. The van der Waals surface area contributed by atoms with E-state index in [0.29, 0.717) is 54.9 Å². The van der Waals surface area contributed by atoms with Crippen LogP contribution in [0.5, 0.6) is 11.5 Å². The number of anilines is 3. The van der Waals surface area contributed by atoms with Gasteiger partial charge in [-0.3, -0.25) is 4.79 Å². The van der Waals surface area contributed by atoms with Crippen molar-refractivity contribution >= 4 is 29.2 Å². The highest BCUT2D eigenvalue weighted by Gasteiger charge is 2.34. The lowest BCUT2D eigenvalue weighted by atomic mass is 10.1. The Morgan fingerprint density at radius 2 is 1.63 bits per heavy atom. The topological polar surface area (TPSA) is 109 Å². The number of nitrogens with one attached hydrogen (secondary N) is 1. The number of aromatic nitrogens is 2. The first-order chi connectivity index (χ1) is 24.4. The molecule has 1 N–H and O–H groups in total. The number of nitrogens with zero attached hydrogens (tertiary/aromatic N) is 5. The van der Waals surface area contributed by atoms with E-state index in [1.165, 1.54) is 24.3 Å². The highest BCUT2D eigenvalue weighted by molar-refractivity contribution is 6.04. The van der Waals surface area contributed by atoms with Gasteiger partial charge < -0.3 is 34.2 Å². The Kier molecular flexibility index (Phi) is 11.3. The predicted octanol–water partition coefficient (Wildman–Crippen LogP) is 7.42. The molecule has 6 rings (SSSR count). The first-order valence-electron chi connectivity index (χ1n) is 16.9. The zero-order chi connectivity index (χ0) is 36.9. The molecule has 2 aromatic carbocycles. The number of piperazine rings is 1. The van der Waals surface area contributed by atoms with Gasteiger partial charge in [0.1, 0.15) is 34.6 Å². The van der Waals surface area contributed by atoms with Crippen molar-refractivity contribution < 1.29 is 32.6 Å². The summed E-state index contributed by atoms with van der Waals surface area (Å²) in [6.45, 7) is 12.1. The van der Waals surface area contributed by atoms with E-state index in [1.807, 2.05) is 46.8 Å². The number of rotatable bonds is 8. The van der Waals surface area contributed by atoms with Gasteiger partial charge >= 0.3 is 6.09 Å². The lowest BCUT2D eigenvalue weighted by molar-refractivity contribution is 0.0240. The number of hydrogen-bond donors (Lipinski definition) is 1. The fourth-order valence-corrected chi connectivity index (χ4v) is 5.91. The Balaban J connectivity index is 0.00000248. The largest absolute Gasteiger partial charge is 0.497 e. The van der Waals surface area contributed by atoms with Crippen LogP contribution < -0.4 is 19.7 Å². The summed E-state index contributed by atoms with van der Waals surface area (Å²) in [4.78, 5) is 40.9. The van der Waals surface area contributed by atoms with Gasteiger partial charge in [-0.2, -0.15) is 0 Å². The van der Waals surface area contributed by atoms with E-state index in [0.717, 1.165) is 11.3 Å². The molecule has 2 amide bonds. The van der Waals surface area contributed by atoms with E-state index < -0.39 is 17.2 Å². The number of halogens is 2.